The lowest BCUT2D eigenvalue weighted by Gasteiger charge is -2.16. The van der Waals surface area contributed by atoms with Crippen LogP contribution in [0.4, 0.5) is 0 Å². The van der Waals surface area contributed by atoms with E-state index in [0.29, 0.717) is 11.3 Å². The first kappa shape index (κ1) is 16.3. The second-order valence-corrected chi connectivity index (χ2v) is 4.34. The molecule has 0 bridgehead atoms. The van der Waals surface area contributed by atoms with E-state index in [-0.39, 0.29) is 24.2 Å². The van der Waals surface area contributed by atoms with Crippen molar-refractivity contribution in [3.05, 3.63) is 34.8 Å². The fraction of sp³-hybridized carbons (Fsp3) is 0.333. The fourth-order valence-electron chi connectivity index (χ4n) is 1.52. The summed E-state index contributed by atoms with van der Waals surface area (Å²) in [7, 11) is 1.52. The Labute approximate surface area is 116 Å². The number of hydrogen-bond donors (Lipinski definition) is 2. The van der Waals surface area contributed by atoms with E-state index in [2.05, 4.69) is 22.5 Å². The quantitative estimate of drug-likeness (QED) is 0.815. The molecule has 0 aliphatic rings. The zero-order chi connectivity index (χ0) is 12.1. The van der Waals surface area contributed by atoms with Crippen LogP contribution in [0.15, 0.2) is 29.3 Å². The molecule has 0 amide bonds. The zero-order valence-electron chi connectivity index (χ0n) is 9.65. The summed E-state index contributed by atoms with van der Waals surface area (Å²) in [6.07, 6.45) is 3.36. The summed E-state index contributed by atoms with van der Waals surface area (Å²) in [6, 6.07) is 3.28. The molecule has 1 aromatic rings. The van der Waals surface area contributed by atoms with Crippen molar-refractivity contribution in [3.63, 3.8) is 0 Å². The van der Waals surface area contributed by atoms with Crippen LogP contribution in [-0.4, -0.2) is 12.2 Å². The minimum Gasteiger partial charge on any atom is -0.504 e. The Morgan fingerprint density at radius 1 is 1.59 bits per heavy atom. The number of nitrogens with two attached hydrogens (primary N) is 1. The van der Waals surface area contributed by atoms with Gasteiger partial charge in [0.15, 0.2) is 11.5 Å². The Bertz CT molecular complexity index is 385. The third-order valence-corrected chi connectivity index (χ3v) is 3.09. The van der Waals surface area contributed by atoms with Gasteiger partial charge >= 0.3 is 0 Å². The lowest BCUT2D eigenvalue weighted by molar-refractivity contribution is 0.367. The number of halogens is 2. The van der Waals surface area contributed by atoms with E-state index in [0.717, 1.165) is 17.3 Å². The number of rotatable bonds is 5. The van der Waals surface area contributed by atoms with Gasteiger partial charge in [-0.25, -0.2) is 0 Å². The molecule has 17 heavy (non-hydrogen) atoms. The van der Waals surface area contributed by atoms with Crippen molar-refractivity contribution in [2.75, 3.05) is 7.11 Å². The molecule has 1 atom stereocenters. The number of benzene rings is 1. The van der Waals surface area contributed by atoms with Gasteiger partial charge in [0.05, 0.1) is 7.11 Å². The number of hydrogen-bond acceptors (Lipinski definition) is 3. The summed E-state index contributed by atoms with van der Waals surface area (Å²) in [5.74, 6) is 0.542. The van der Waals surface area contributed by atoms with E-state index >= 15 is 0 Å². The van der Waals surface area contributed by atoms with Crippen molar-refractivity contribution < 1.29 is 9.84 Å². The minimum absolute atomic E-state index is 0. The molecule has 1 aromatic carbocycles. The Balaban J connectivity index is 0.00000256. The topological polar surface area (TPSA) is 55.5 Å². The molecule has 96 valence electrons. The molecule has 0 saturated carbocycles. The molecular formula is C12H17BrClNO2. The highest BCUT2D eigenvalue weighted by molar-refractivity contribution is 9.10. The largest absolute Gasteiger partial charge is 0.504 e. The van der Waals surface area contributed by atoms with Gasteiger partial charge in [-0.2, -0.15) is 0 Å². The Morgan fingerprint density at radius 2 is 2.24 bits per heavy atom. The molecule has 0 unspecified atom stereocenters. The summed E-state index contributed by atoms with van der Waals surface area (Å²) in [6.45, 7) is 3.65. The molecule has 0 aliphatic heterocycles. The first-order chi connectivity index (χ1) is 7.61. The number of ether oxygens (including phenoxy) is 1. The second kappa shape index (κ2) is 7.58. The number of methoxy groups -OCH3 is 1. The normalized spacial score (nSPS) is 11.5. The maximum atomic E-state index is 9.98. The Hall–Kier alpha value is -0.710. The highest BCUT2D eigenvalue weighted by Gasteiger charge is 2.17. The highest BCUT2D eigenvalue weighted by Crippen LogP contribution is 2.39. The first-order valence-corrected chi connectivity index (χ1v) is 5.83. The van der Waals surface area contributed by atoms with Gasteiger partial charge in [0, 0.05) is 16.1 Å². The first-order valence-electron chi connectivity index (χ1n) is 5.03. The van der Waals surface area contributed by atoms with E-state index in [1.165, 1.54) is 7.11 Å². The van der Waals surface area contributed by atoms with Crippen molar-refractivity contribution in [1.82, 2.24) is 0 Å². The number of phenolic OH excluding ortho intramolecular Hbond substituents is 1. The van der Waals surface area contributed by atoms with Crippen LogP contribution in [0.3, 0.4) is 0 Å². The van der Waals surface area contributed by atoms with Crippen molar-refractivity contribution in [3.8, 4) is 11.5 Å². The van der Waals surface area contributed by atoms with Crippen molar-refractivity contribution in [2.45, 2.75) is 18.9 Å². The van der Waals surface area contributed by atoms with Crippen LogP contribution in [0.2, 0.25) is 0 Å². The molecule has 5 heteroatoms. The van der Waals surface area contributed by atoms with Crippen LogP contribution >= 0.6 is 28.3 Å². The van der Waals surface area contributed by atoms with Crippen LogP contribution in [0, 0.1) is 0 Å². The average Bonchev–Trinajstić information content (AvgIpc) is 2.26. The van der Waals surface area contributed by atoms with Gasteiger partial charge < -0.3 is 15.6 Å². The van der Waals surface area contributed by atoms with Gasteiger partial charge in [0.25, 0.3) is 0 Å². The zero-order valence-corrected chi connectivity index (χ0v) is 12.1. The van der Waals surface area contributed by atoms with E-state index in [1.807, 2.05) is 12.1 Å². The van der Waals surface area contributed by atoms with E-state index < -0.39 is 0 Å². The van der Waals surface area contributed by atoms with Crippen LogP contribution in [0.5, 0.6) is 11.5 Å². The van der Waals surface area contributed by atoms with Crippen molar-refractivity contribution in [1.29, 1.82) is 0 Å². The molecule has 1 rings (SSSR count). The van der Waals surface area contributed by atoms with Gasteiger partial charge in [-0.15, -0.1) is 19.0 Å². The third-order valence-electron chi connectivity index (χ3n) is 2.40. The van der Waals surface area contributed by atoms with Crippen molar-refractivity contribution >= 4 is 28.3 Å². The SMILES string of the molecule is C=CCC[C@H](N)c1c(Br)ccc(OC)c1O.Cl. The third kappa shape index (κ3) is 3.91. The number of phenols is 1. The van der Waals surface area contributed by atoms with E-state index in [1.54, 1.807) is 6.07 Å². The molecule has 0 aliphatic carbocycles. The fourth-order valence-corrected chi connectivity index (χ4v) is 2.14. The van der Waals surface area contributed by atoms with Gasteiger partial charge in [0.1, 0.15) is 0 Å². The van der Waals surface area contributed by atoms with Crippen LogP contribution in [-0.2, 0) is 0 Å². The molecule has 0 heterocycles. The summed E-state index contributed by atoms with van der Waals surface area (Å²) < 4.78 is 5.84. The maximum Gasteiger partial charge on any atom is 0.163 e. The predicted octanol–water partition coefficient (Wildman–Crippen LogP) is 3.55. The van der Waals surface area contributed by atoms with E-state index in [4.69, 9.17) is 10.5 Å². The molecule has 0 saturated heterocycles. The van der Waals surface area contributed by atoms with Crippen LogP contribution in [0.1, 0.15) is 24.4 Å². The van der Waals surface area contributed by atoms with Gasteiger partial charge in [0.2, 0.25) is 0 Å². The molecule has 3 nitrogen and oxygen atoms in total. The Morgan fingerprint density at radius 3 is 2.76 bits per heavy atom. The summed E-state index contributed by atoms with van der Waals surface area (Å²) in [5, 5.41) is 9.98. The standard InChI is InChI=1S/C12H16BrNO2.ClH/c1-3-4-5-9(14)11-8(13)6-7-10(16-2)12(11)15;/h3,6-7,9,15H,1,4-5,14H2,2H3;1H/t9-;/m0./s1. The predicted molar refractivity (Wildman–Crippen MR) is 76.0 cm³/mol. The molecule has 0 fully saturated rings. The highest BCUT2D eigenvalue weighted by atomic mass is 79.9. The summed E-state index contributed by atoms with van der Waals surface area (Å²) in [4.78, 5) is 0. The Kier molecular flexibility index (Phi) is 7.27. The molecule has 0 spiro atoms. The smallest absolute Gasteiger partial charge is 0.163 e. The van der Waals surface area contributed by atoms with Gasteiger partial charge in [-0.1, -0.05) is 22.0 Å². The molecule has 0 aromatic heterocycles. The van der Waals surface area contributed by atoms with E-state index in [9.17, 15) is 5.11 Å². The van der Waals surface area contributed by atoms with Gasteiger partial charge in [-0.3, -0.25) is 0 Å². The second-order valence-electron chi connectivity index (χ2n) is 3.48. The van der Waals surface area contributed by atoms with Gasteiger partial charge in [-0.05, 0) is 25.0 Å². The summed E-state index contributed by atoms with van der Waals surface area (Å²) in [5.41, 5.74) is 6.69. The minimum atomic E-state index is -0.234. The average molecular weight is 323 g/mol. The maximum absolute atomic E-state index is 9.98. The van der Waals surface area contributed by atoms with Crippen molar-refractivity contribution in [2.24, 2.45) is 5.73 Å². The molecular weight excluding hydrogens is 305 g/mol. The number of allylic oxidation sites excluding steroid dienone is 1. The monoisotopic (exact) mass is 321 g/mol. The van der Waals surface area contributed by atoms with Crippen LogP contribution < -0.4 is 10.5 Å². The number of aromatic hydroxyl groups is 1. The molecule has 0 radical (unpaired) electrons. The molecule has 3 N–H and O–H groups in total. The lowest BCUT2D eigenvalue weighted by atomic mass is 10.0. The van der Waals surface area contributed by atoms with Crippen LogP contribution in [0.25, 0.3) is 0 Å². The lowest BCUT2D eigenvalue weighted by Crippen LogP contribution is -2.11. The summed E-state index contributed by atoms with van der Waals surface area (Å²) >= 11 is 3.38.